The molecule has 1 aromatic heterocycles. The lowest BCUT2D eigenvalue weighted by Gasteiger charge is -2.18. The number of hydrogen-bond acceptors (Lipinski definition) is 1. The van der Waals surface area contributed by atoms with Crippen LogP contribution in [0.3, 0.4) is 0 Å². The van der Waals surface area contributed by atoms with Crippen LogP contribution in [0.5, 0.6) is 0 Å². The van der Waals surface area contributed by atoms with E-state index >= 15 is 0 Å². The van der Waals surface area contributed by atoms with Crippen LogP contribution in [0.1, 0.15) is 31.7 Å². The van der Waals surface area contributed by atoms with Crippen LogP contribution in [0, 0.1) is 5.92 Å². The summed E-state index contributed by atoms with van der Waals surface area (Å²) in [6.45, 7) is 4.24. The van der Waals surface area contributed by atoms with Gasteiger partial charge in [0.1, 0.15) is 0 Å². The lowest BCUT2D eigenvalue weighted by atomic mass is 9.85. The van der Waals surface area contributed by atoms with Crippen LogP contribution in [-0.4, -0.2) is 10.9 Å². The van der Waals surface area contributed by atoms with Gasteiger partial charge in [0.2, 0.25) is 5.91 Å². The Morgan fingerprint density at radius 3 is 2.71 bits per heavy atom. The first-order valence-electron chi connectivity index (χ1n) is 5.94. The van der Waals surface area contributed by atoms with Gasteiger partial charge in [0.15, 0.2) is 0 Å². The van der Waals surface area contributed by atoms with E-state index in [1.165, 1.54) is 10.9 Å². The van der Waals surface area contributed by atoms with Gasteiger partial charge in [0.25, 0.3) is 0 Å². The number of aromatic nitrogens is 1. The number of carbonyl (C=O) groups is 1. The highest BCUT2D eigenvalue weighted by Gasteiger charge is 2.21. The van der Waals surface area contributed by atoms with E-state index in [0.717, 1.165) is 5.52 Å². The van der Waals surface area contributed by atoms with Crippen LogP contribution in [-0.2, 0) is 4.79 Å². The molecule has 1 amide bonds. The van der Waals surface area contributed by atoms with Crippen molar-refractivity contribution >= 4 is 16.8 Å². The Bertz CT molecular complexity index is 528. The normalized spacial score (nSPS) is 13.1. The molecule has 0 aliphatic carbocycles. The van der Waals surface area contributed by atoms with E-state index in [9.17, 15) is 4.79 Å². The van der Waals surface area contributed by atoms with E-state index in [0.29, 0.717) is 12.3 Å². The molecule has 0 unspecified atom stereocenters. The maximum Gasteiger partial charge on any atom is 0.218 e. The first-order chi connectivity index (χ1) is 8.09. The topological polar surface area (TPSA) is 58.9 Å². The average Bonchev–Trinajstić information content (AvgIpc) is 2.69. The number of rotatable bonds is 4. The SMILES string of the molecule is CC(C)[C@H](CC(N)=O)c1c[nH]c2ccccc12. The maximum atomic E-state index is 11.2. The number of nitrogens with one attached hydrogen (secondary N) is 1. The molecule has 1 aromatic carbocycles. The molecule has 0 bridgehead atoms. The van der Waals surface area contributed by atoms with Gasteiger partial charge in [-0.25, -0.2) is 0 Å². The van der Waals surface area contributed by atoms with Gasteiger partial charge in [0, 0.05) is 23.5 Å². The first-order valence-corrected chi connectivity index (χ1v) is 5.94. The minimum absolute atomic E-state index is 0.184. The minimum Gasteiger partial charge on any atom is -0.370 e. The number of fused-ring (bicyclic) bond motifs is 1. The van der Waals surface area contributed by atoms with E-state index in [1.54, 1.807) is 0 Å². The Morgan fingerprint density at radius 2 is 2.06 bits per heavy atom. The van der Waals surface area contributed by atoms with Crippen molar-refractivity contribution in [3.63, 3.8) is 0 Å². The van der Waals surface area contributed by atoms with Crippen LogP contribution < -0.4 is 5.73 Å². The molecule has 1 atom stereocenters. The van der Waals surface area contributed by atoms with Gasteiger partial charge < -0.3 is 10.7 Å². The van der Waals surface area contributed by atoms with Crippen molar-refractivity contribution in [3.8, 4) is 0 Å². The van der Waals surface area contributed by atoms with Crippen molar-refractivity contribution in [1.82, 2.24) is 4.98 Å². The number of aromatic amines is 1. The monoisotopic (exact) mass is 230 g/mol. The third-order valence-electron chi connectivity index (χ3n) is 3.25. The summed E-state index contributed by atoms with van der Waals surface area (Å²) in [5.74, 6) is 0.333. The zero-order valence-electron chi connectivity index (χ0n) is 10.2. The van der Waals surface area contributed by atoms with Crippen molar-refractivity contribution in [2.24, 2.45) is 11.7 Å². The summed E-state index contributed by atoms with van der Waals surface area (Å²) >= 11 is 0. The summed E-state index contributed by atoms with van der Waals surface area (Å²) in [5.41, 5.74) is 7.63. The highest BCUT2D eigenvalue weighted by atomic mass is 16.1. The number of amides is 1. The van der Waals surface area contributed by atoms with Gasteiger partial charge in [-0.05, 0) is 23.5 Å². The van der Waals surface area contributed by atoms with Gasteiger partial charge in [-0.1, -0.05) is 32.0 Å². The largest absolute Gasteiger partial charge is 0.370 e. The second-order valence-corrected chi connectivity index (χ2v) is 4.81. The van der Waals surface area contributed by atoms with Crippen molar-refractivity contribution in [3.05, 3.63) is 36.0 Å². The zero-order chi connectivity index (χ0) is 12.4. The smallest absolute Gasteiger partial charge is 0.218 e. The maximum absolute atomic E-state index is 11.2. The van der Waals surface area contributed by atoms with Crippen LogP contribution in [0.4, 0.5) is 0 Å². The molecule has 3 nitrogen and oxygen atoms in total. The molecule has 0 aliphatic heterocycles. The molecule has 90 valence electrons. The van der Waals surface area contributed by atoms with Crippen molar-refractivity contribution in [2.75, 3.05) is 0 Å². The fourth-order valence-electron chi connectivity index (χ4n) is 2.32. The Morgan fingerprint density at radius 1 is 1.35 bits per heavy atom. The third-order valence-corrected chi connectivity index (χ3v) is 3.25. The number of H-pyrrole nitrogens is 1. The Kier molecular flexibility index (Phi) is 3.18. The summed E-state index contributed by atoms with van der Waals surface area (Å²) in [4.78, 5) is 14.4. The van der Waals surface area contributed by atoms with Crippen LogP contribution in [0.15, 0.2) is 30.5 Å². The quantitative estimate of drug-likeness (QED) is 0.833. The number of carbonyl (C=O) groups excluding carboxylic acids is 1. The lowest BCUT2D eigenvalue weighted by Crippen LogP contribution is -2.18. The van der Waals surface area contributed by atoms with E-state index in [1.807, 2.05) is 24.4 Å². The van der Waals surface area contributed by atoms with Crippen molar-refractivity contribution in [1.29, 1.82) is 0 Å². The number of para-hydroxylation sites is 1. The molecular formula is C14H18N2O. The summed E-state index contributed by atoms with van der Waals surface area (Å²) in [7, 11) is 0. The molecule has 3 heteroatoms. The summed E-state index contributed by atoms with van der Waals surface area (Å²) in [6.07, 6.45) is 2.40. The van der Waals surface area contributed by atoms with Crippen LogP contribution >= 0.6 is 0 Å². The molecule has 17 heavy (non-hydrogen) atoms. The van der Waals surface area contributed by atoms with Gasteiger partial charge in [-0.15, -0.1) is 0 Å². The Balaban J connectivity index is 2.45. The molecule has 3 N–H and O–H groups in total. The zero-order valence-corrected chi connectivity index (χ0v) is 10.2. The minimum atomic E-state index is -0.242. The number of primary amides is 1. The lowest BCUT2D eigenvalue weighted by molar-refractivity contribution is -0.118. The van der Waals surface area contributed by atoms with E-state index < -0.39 is 0 Å². The predicted octanol–water partition coefficient (Wildman–Crippen LogP) is 2.78. The highest BCUT2D eigenvalue weighted by Crippen LogP contribution is 2.32. The average molecular weight is 230 g/mol. The fraction of sp³-hybridized carbons (Fsp3) is 0.357. The Labute approximate surface area is 101 Å². The highest BCUT2D eigenvalue weighted by molar-refractivity contribution is 5.84. The number of benzene rings is 1. The molecule has 0 aliphatic rings. The Hall–Kier alpha value is -1.77. The van der Waals surface area contributed by atoms with E-state index in [-0.39, 0.29) is 11.8 Å². The van der Waals surface area contributed by atoms with E-state index in [2.05, 4.69) is 24.9 Å². The van der Waals surface area contributed by atoms with Gasteiger partial charge in [-0.2, -0.15) is 0 Å². The number of hydrogen-bond donors (Lipinski definition) is 2. The second-order valence-electron chi connectivity index (χ2n) is 4.81. The molecule has 2 rings (SSSR count). The van der Waals surface area contributed by atoms with E-state index in [4.69, 9.17) is 5.73 Å². The summed E-state index contributed by atoms with van der Waals surface area (Å²) < 4.78 is 0. The fourth-order valence-corrected chi connectivity index (χ4v) is 2.32. The number of nitrogens with two attached hydrogens (primary N) is 1. The molecule has 0 saturated heterocycles. The van der Waals surface area contributed by atoms with Crippen molar-refractivity contribution < 1.29 is 4.79 Å². The molecular weight excluding hydrogens is 212 g/mol. The predicted molar refractivity (Wildman–Crippen MR) is 69.7 cm³/mol. The standard InChI is InChI=1S/C14H18N2O/c1-9(2)11(7-14(15)17)12-8-16-13-6-4-3-5-10(12)13/h3-6,8-9,11,16H,7H2,1-2H3,(H2,15,17)/t11-/m0/s1. The second kappa shape index (κ2) is 4.62. The van der Waals surface area contributed by atoms with Crippen molar-refractivity contribution in [2.45, 2.75) is 26.2 Å². The van der Waals surface area contributed by atoms with Crippen LogP contribution in [0.2, 0.25) is 0 Å². The van der Waals surface area contributed by atoms with Gasteiger partial charge in [-0.3, -0.25) is 4.79 Å². The molecule has 0 radical (unpaired) electrons. The first kappa shape index (κ1) is 11.7. The van der Waals surface area contributed by atoms with Gasteiger partial charge in [0.05, 0.1) is 0 Å². The summed E-state index contributed by atoms with van der Waals surface area (Å²) in [6, 6.07) is 8.14. The van der Waals surface area contributed by atoms with Crippen LogP contribution in [0.25, 0.3) is 10.9 Å². The molecule has 2 aromatic rings. The molecule has 0 fully saturated rings. The third kappa shape index (κ3) is 2.33. The van der Waals surface area contributed by atoms with Gasteiger partial charge >= 0.3 is 0 Å². The summed E-state index contributed by atoms with van der Waals surface area (Å²) in [5, 5.41) is 1.19. The molecule has 1 heterocycles. The molecule has 0 saturated carbocycles. The molecule has 0 spiro atoms.